The molecule has 1 fully saturated rings. The number of nitrogens with two attached hydrogens (primary N) is 1. The summed E-state index contributed by atoms with van der Waals surface area (Å²) in [7, 11) is 3.29. The summed E-state index contributed by atoms with van der Waals surface area (Å²) in [5.74, 6) is 1.91. The molecule has 0 amide bonds. The number of aliphatic hydroxyl groups is 1. The normalized spacial score (nSPS) is 27.2. The Labute approximate surface area is 108 Å². The molecular formula is C14H21NO3. The molecule has 0 bridgehead atoms. The van der Waals surface area contributed by atoms with Crippen molar-refractivity contribution in [3.8, 4) is 11.5 Å². The van der Waals surface area contributed by atoms with E-state index in [-0.39, 0.29) is 0 Å². The second-order valence-electron chi connectivity index (χ2n) is 4.98. The van der Waals surface area contributed by atoms with Crippen LogP contribution in [0, 0.1) is 0 Å². The molecule has 1 aliphatic rings. The third kappa shape index (κ3) is 2.44. The first-order valence-electron chi connectivity index (χ1n) is 6.26. The summed E-state index contributed by atoms with van der Waals surface area (Å²) >= 11 is 0. The van der Waals surface area contributed by atoms with Crippen LogP contribution >= 0.6 is 0 Å². The fourth-order valence-corrected chi connectivity index (χ4v) is 2.71. The Morgan fingerprint density at radius 2 is 2.17 bits per heavy atom. The van der Waals surface area contributed by atoms with E-state index < -0.39 is 5.60 Å². The van der Waals surface area contributed by atoms with Crippen LogP contribution in [-0.4, -0.2) is 31.5 Å². The van der Waals surface area contributed by atoms with Crippen LogP contribution < -0.4 is 15.2 Å². The SMILES string of the molecule is COc1ccc(C2CCC(O)(CN)C2)c(OC)c1. The minimum Gasteiger partial charge on any atom is -0.497 e. The number of hydrogen-bond acceptors (Lipinski definition) is 4. The van der Waals surface area contributed by atoms with Crippen LogP contribution in [0.2, 0.25) is 0 Å². The molecule has 1 saturated carbocycles. The number of hydrogen-bond donors (Lipinski definition) is 2. The molecule has 2 unspecified atom stereocenters. The summed E-state index contributed by atoms with van der Waals surface area (Å²) in [6.07, 6.45) is 2.39. The van der Waals surface area contributed by atoms with E-state index in [0.717, 1.165) is 29.9 Å². The van der Waals surface area contributed by atoms with Gasteiger partial charge in [-0.15, -0.1) is 0 Å². The molecule has 4 nitrogen and oxygen atoms in total. The minimum atomic E-state index is -0.713. The van der Waals surface area contributed by atoms with E-state index in [4.69, 9.17) is 15.2 Å². The summed E-state index contributed by atoms with van der Waals surface area (Å²) in [6, 6.07) is 5.83. The van der Waals surface area contributed by atoms with Crippen LogP contribution in [0.5, 0.6) is 11.5 Å². The molecule has 0 spiro atoms. The van der Waals surface area contributed by atoms with Crippen molar-refractivity contribution in [3.05, 3.63) is 23.8 Å². The molecule has 4 heteroatoms. The number of ether oxygens (including phenoxy) is 2. The highest BCUT2D eigenvalue weighted by Crippen LogP contribution is 2.44. The second-order valence-corrected chi connectivity index (χ2v) is 4.98. The van der Waals surface area contributed by atoms with Crippen molar-refractivity contribution in [2.75, 3.05) is 20.8 Å². The van der Waals surface area contributed by atoms with Gasteiger partial charge in [-0.25, -0.2) is 0 Å². The number of benzene rings is 1. The standard InChI is InChI=1S/C14H21NO3/c1-17-11-3-4-12(13(7-11)18-2)10-5-6-14(16,8-10)9-15/h3-4,7,10,16H,5-6,8-9,15H2,1-2H3. The van der Waals surface area contributed by atoms with Crippen molar-refractivity contribution in [2.24, 2.45) is 5.73 Å². The lowest BCUT2D eigenvalue weighted by atomic mass is 9.94. The lowest BCUT2D eigenvalue weighted by molar-refractivity contribution is 0.0554. The van der Waals surface area contributed by atoms with Crippen molar-refractivity contribution in [3.63, 3.8) is 0 Å². The molecule has 1 aromatic carbocycles. The van der Waals surface area contributed by atoms with Gasteiger partial charge in [-0.1, -0.05) is 6.07 Å². The number of methoxy groups -OCH3 is 2. The highest BCUT2D eigenvalue weighted by molar-refractivity contribution is 5.43. The average molecular weight is 251 g/mol. The van der Waals surface area contributed by atoms with E-state index in [2.05, 4.69) is 0 Å². The van der Waals surface area contributed by atoms with Crippen molar-refractivity contribution >= 4 is 0 Å². The molecule has 0 aromatic heterocycles. The van der Waals surface area contributed by atoms with Gasteiger partial charge in [0.2, 0.25) is 0 Å². The van der Waals surface area contributed by atoms with Crippen molar-refractivity contribution in [1.29, 1.82) is 0 Å². The molecule has 2 atom stereocenters. The third-order valence-electron chi connectivity index (χ3n) is 3.84. The highest BCUT2D eigenvalue weighted by atomic mass is 16.5. The van der Waals surface area contributed by atoms with Crippen LogP contribution in [0.4, 0.5) is 0 Å². The van der Waals surface area contributed by atoms with E-state index in [1.165, 1.54) is 0 Å². The maximum atomic E-state index is 10.2. The Kier molecular flexibility index (Phi) is 3.78. The van der Waals surface area contributed by atoms with Gasteiger partial charge in [0.15, 0.2) is 0 Å². The van der Waals surface area contributed by atoms with Gasteiger partial charge in [0.1, 0.15) is 11.5 Å². The molecule has 2 rings (SSSR count). The quantitative estimate of drug-likeness (QED) is 0.854. The Balaban J connectivity index is 2.24. The van der Waals surface area contributed by atoms with E-state index >= 15 is 0 Å². The Bertz CT molecular complexity index is 422. The smallest absolute Gasteiger partial charge is 0.126 e. The van der Waals surface area contributed by atoms with Crippen LogP contribution in [0.25, 0.3) is 0 Å². The second kappa shape index (κ2) is 5.16. The van der Waals surface area contributed by atoms with Crippen LogP contribution in [0.15, 0.2) is 18.2 Å². The fraction of sp³-hybridized carbons (Fsp3) is 0.571. The van der Waals surface area contributed by atoms with Crippen molar-refractivity contribution in [1.82, 2.24) is 0 Å². The minimum absolute atomic E-state index is 0.305. The highest BCUT2D eigenvalue weighted by Gasteiger charge is 2.37. The molecular weight excluding hydrogens is 230 g/mol. The molecule has 3 N–H and O–H groups in total. The molecule has 0 aliphatic heterocycles. The van der Waals surface area contributed by atoms with Crippen LogP contribution in [0.3, 0.4) is 0 Å². The molecule has 18 heavy (non-hydrogen) atoms. The lowest BCUT2D eigenvalue weighted by Crippen LogP contribution is -2.34. The summed E-state index contributed by atoms with van der Waals surface area (Å²) in [4.78, 5) is 0. The molecule has 0 saturated heterocycles. The monoisotopic (exact) mass is 251 g/mol. The van der Waals surface area contributed by atoms with Gasteiger partial charge < -0.3 is 20.3 Å². The summed E-state index contributed by atoms with van der Waals surface area (Å²) in [5.41, 5.74) is 6.04. The van der Waals surface area contributed by atoms with Gasteiger partial charge in [-0.05, 0) is 36.8 Å². The van der Waals surface area contributed by atoms with E-state index in [1.807, 2.05) is 18.2 Å². The first kappa shape index (κ1) is 13.2. The summed E-state index contributed by atoms with van der Waals surface area (Å²) in [5, 5.41) is 10.2. The Morgan fingerprint density at radius 3 is 2.72 bits per heavy atom. The van der Waals surface area contributed by atoms with Gasteiger partial charge in [0, 0.05) is 12.6 Å². The maximum Gasteiger partial charge on any atom is 0.126 e. The van der Waals surface area contributed by atoms with E-state index in [0.29, 0.717) is 18.9 Å². The molecule has 1 aliphatic carbocycles. The lowest BCUT2D eigenvalue weighted by Gasteiger charge is -2.21. The third-order valence-corrected chi connectivity index (χ3v) is 3.84. The Morgan fingerprint density at radius 1 is 1.39 bits per heavy atom. The van der Waals surface area contributed by atoms with Crippen molar-refractivity contribution in [2.45, 2.75) is 30.8 Å². The van der Waals surface area contributed by atoms with E-state index in [1.54, 1.807) is 14.2 Å². The molecule has 1 aromatic rings. The van der Waals surface area contributed by atoms with Gasteiger partial charge in [-0.3, -0.25) is 0 Å². The molecule has 100 valence electrons. The van der Waals surface area contributed by atoms with Crippen LogP contribution in [0.1, 0.15) is 30.7 Å². The molecule has 0 heterocycles. The van der Waals surface area contributed by atoms with Gasteiger partial charge >= 0.3 is 0 Å². The Hall–Kier alpha value is -1.26. The number of rotatable bonds is 4. The first-order chi connectivity index (χ1) is 8.61. The average Bonchev–Trinajstić information content (AvgIpc) is 2.81. The largest absolute Gasteiger partial charge is 0.497 e. The predicted molar refractivity (Wildman–Crippen MR) is 70.1 cm³/mol. The topological polar surface area (TPSA) is 64.7 Å². The maximum absolute atomic E-state index is 10.2. The zero-order chi connectivity index (χ0) is 13.2. The summed E-state index contributed by atoms with van der Waals surface area (Å²) in [6.45, 7) is 0.321. The fourth-order valence-electron chi connectivity index (χ4n) is 2.71. The molecule has 0 radical (unpaired) electrons. The van der Waals surface area contributed by atoms with Gasteiger partial charge in [-0.2, -0.15) is 0 Å². The zero-order valence-electron chi connectivity index (χ0n) is 11.0. The first-order valence-corrected chi connectivity index (χ1v) is 6.26. The van der Waals surface area contributed by atoms with Gasteiger partial charge in [0.05, 0.1) is 19.8 Å². The predicted octanol–water partition coefficient (Wildman–Crippen LogP) is 1.66. The summed E-state index contributed by atoms with van der Waals surface area (Å²) < 4.78 is 10.6. The van der Waals surface area contributed by atoms with Crippen LogP contribution in [-0.2, 0) is 0 Å². The van der Waals surface area contributed by atoms with E-state index in [9.17, 15) is 5.11 Å². The zero-order valence-corrected chi connectivity index (χ0v) is 11.0. The van der Waals surface area contributed by atoms with Gasteiger partial charge in [0.25, 0.3) is 0 Å². The van der Waals surface area contributed by atoms with Crippen molar-refractivity contribution < 1.29 is 14.6 Å².